The van der Waals surface area contributed by atoms with Gasteiger partial charge in [0.15, 0.2) is 0 Å². The molecule has 0 spiro atoms. The van der Waals surface area contributed by atoms with Crippen LogP contribution in [0.4, 0.5) is 6.01 Å². The maximum atomic E-state index is 8.77. The van der Waals surface area contributed by atoms with Crippen LogP contribution in [0.15, 0.2) is 10.7 Å². The van der Waals surface area contributed by atoms with Crippen LogP contribution in [0.1, 0.15) is 12.1 Å². The molecular weight excluding hydrogens is 156 g/mol. The van der Waals surface area contributed by atoms with E-state index < -0.39 is 0 Å². The molecule has 66 valence electrons. The maximum absolute atomic E-state index is 8.77. The van der Waals surface area contributed by atoms with Crippen LogP contribution in [0, 0.1) is 12.8 Å². The molecule has 1 fully saturated rings. The van der Waals surface area contributed by atoms with Gasteiger partial charge >= 0.3 is 0 Å². The average molecular weight is 168 g/mol. The van der Waals surface area contributed by atoms with Crippen molar-refractivity contribution in [3.8, 4) is 0 Å². The minimum absolute atomic E-state index is 0.247. The van der Waals surface area contributed by atoms with Gasteiger partial charge in [-0.2, -0.15) is 4.98 Å². The zero-order valence-corrected chi connectivity index (χ0v) is 6.95. The second-order valence-corrected chi connectivity index (χ2v) is 3.22. The van der Waals surface area contributed by atoms with Gasteiger partial charge in [-0.25, -0.2) is 0 Å². The van der Waals surface area contributed by atoms with Gasteiger partial charge in [0.1, 0.15) is 6.26 Å². The molecular formula is C8H12N2O2. The fourth-order valence-corrected chi connectivity index (χ4v) is 1.21. The normalized spacial score (nSPS) is 27.2. The smallest absolute Gasteiger partial charge is 0.294 e. The first kappa shape index (κ1) is 7.61. The molecule has 1 heterocycles. The van der Waals surface area contributed by atoms with Crippen LogP contribution < -0.4 is 5.32 Å². The van der Waals surface area contributed by atoms with Crippen molar-refractivity contribution >= 4 is 6.01 Å². The number of anilines is 1. The quantitative estimate of drug-likeness (QED) is 0.700. The molecule has 0 amide bonds. The Balaban J connectivity index is 1.89. The summed E-state index contributed by atoms with van der Waals surface area (Å²) in [6.07, 6.45) is 2.62. The topological polar surface area (TPSA) is 58.3 Å². The van der Waals surface area contributed by atoms with Crippen LogP contribution in [0.2, 0.25) is 0 Å². The number of hydrogen-bond donors (Lipinski definition) is 2. The number of aliphatic hydroxyl groups excluding tert-OH is 1. The Morgan fingerprint density at radius 2 is 2.67 bits per heavy atom. The molecule has 0 aliphatic heterocycles. The van der Waals surface area contributed by atoms with Gasteiger partial charge in [-0.15, -0.1) is 0 Å². The van der Waals surface area contributed by atoms with E-state index in [-0.39, 0.29) is 6.61 Å². The van der Waals surface area contributed by atoms with E-state index in [1.54, 1.807) is 6.26 Å². The molecule has 1 saturated carbocycles. The van der Waals surface area contributed by atoms with Gasteiger partial charge in [0.2, 0.25) is 0 Å². The second-order valence-electron chi connectivity index (χ2n) is 3.22. The third-order valence-electron chi connectivity index (χ3n) is 2.08. The molecule has 2 unspecified atom stereocenters. The van der Waals surface area contributed by atoms with E-state index in [1.165, 1.54) is 0 Å². The van der Waals surface area contributed by atoms with Crippen LogP contribution >= 0.6 is 0 Å². The largest absolute Gasteiger partial charge is 0.432 e. The average Bonchev–Trinajstić information content (AvgIpc) is 2.67. The van der Waals surface area contributed by atoms with Crippen molar-refractivity contribution in [3.63, 3.8) is 0 Å². The number of hydrogen-bond acceptors (Lipinski definition) is 4. The number of aliphatic hydroxyl groups is 1. The Kier molecular flexibility index (Phi) is 1.77. The number of aryl methyl sites for hydroxylation is 1. The Morgan fingerprint density at radius 3 is 3.17 bits per heavy atom. The summed E-state index contributed by atoms with van der Waals surface area (Å²) in [5, 5.41) is 11.9. The number of nitrogens with zero attached hydrogens (tertiary/aromatic N) is 1. The third kappa shape index (κ3) is 1.43. The summed E-state index contributed by atoms with van der Waals surface area (Å²) in [5.41, 5.74) is 0.874. The highest BCUT2D eigenvalue weighted by Gasteiger charge is 2.37. The number of aromatic nitrogens is 1. The monoisotopic (exact) mass is 168 g/mol. The zero-order valence-electron chi connectivity index (χ0n) is 6.95. The van der Waals surface area contributed by atoms with E-state index in [0.29, 0.717) is 18.0 Å². The minimum Gasteiger partial charge on any atom is -0.432 e. The number of rotatable bonds is 3. The first-order valence-corrected chi connectivity index (χ1v) is 4.09. The van der Waals surface area contributed by atoms with Gasteiger partial charge < -0.3 is 14.8 Å². The van der Waals surface area contributed by atoms with Crippen LogP contribution in [-0.2, 0) is 0 Å². The van der Waals surface area contributed by atoms with Crippen molar-refractivity contribution in [1.82, 2.24) is 4.98 Å². The van der Waals surface area contributed by atoms with Gasteiger partial charge in [0.25, 0.3) is 6.01 Å². The Labute approximate surface area is 70.6 Å². The van der Waals surface area contributed by atoms with Gasteiger partial charge in [0, 0.05) is 18.6 Å². The summed E-state index contributed by atoms with van der Waals surface area (Å²) < 4.78 is 5.10. The first-order valence-electron chi connectivity index (χ1n) is 4.09. The van der Waals surface area contributed by atoms with Gasteiger partial charge in [-0.05, 0) is 13.3 Å². The molecule has 1 aliphatic carbocycles. The first-order chi connectivity index (χ1) is 5.79. The summed E-state index contributed by atoms with van der Waals surface area (Å²) in [4.78, 5) is 4.10. The maximum Gasteiger partial charge on any atom is 0.294 e. The Hall–Kier alpha value is -1.03. The summed E-state index contributed by atoms with van der Waals surface area (Å²) in [5.74, 6) is 0.386. The highest BCUT2D eigenvalue weighted by atomic mass is 16.4. The predicted octanol–water partition coefficient (Wildman–Crippen LogP) is 0.776. The molecule has 2 atom stereocenters. The van der Waals surface area contributed by atoms with Crippen LogP contribution in [0.25, 0.3) is 0 Å². The fraction of sp³-hybridized carbons (Fsp3) is 0.625. The zero-order chi connectivity index (χ0) is 8.55. The molecule has 1 aromatic heterocycles. The lowest BCUT2D eigenvalue weighted by Gasteiger charge is -1.96. The summed E-state index contributed by atoms with van der Waals surface area (Å²) >= 11 is 0. The Bertz CT molecular complexity index is 272. The fourth-order valence-electron chi connectivity index (χ4n) is 1.21. The molecule has 1 aliphatic rings. The summed E-state index contributed by atoms with van der Waals surface area (Å²) in [7, 11) is 0. The molecule has 12 heavy (non-hydrogen) atoms. The van der Waals surface area contributed by atoms with E-state index in [2.05, 4.69) is 10.3 Å². The molecule has 4 nitrogen and oxygen atoms in total. The van der Waals surface area contributed by atoms with E-state index >= 15 is 0 Å². The molecule has 2 rings (SSSR count). The van der Waals surface area contributed by atoms with Crippen molar-refractivity contribution in [2.75, 3.05) is 11.9 Å². The molecule has 0 bridgehead atoms. The highest BCUT2D eigenvalue weighted by molar-refractivity contribution is 5.26. The molecule has 0 saturated heterocycles. The highest BCUT2D eigenvalue weighted by Crippen LogP contribution is 2.32. The van der Waals surface area contributed by atoms with Crippen molar-refractivity contribution < 1.29 is 9.52 Å². The van der Waals surface area contributed by atoms with Gasteiger partial charge in [-0.1, -0.05) is 0 Å². The van der Waals surface area contributed by atoms with Gasteiger partial charge in [-0.3, -0.25) is 0 Å². The molecule has 0 radical (unpaired) electrons. The molecule has 1 aromatic rings. The number of oxazole rings is 1. The number of nitrogens with one attached hydrogen (secondary N) is 1. The summed E-state index contributed by atoms with van der Waals surface area (Å²) in [6.45, 7) is 2.13. The standard InChI is InChI=1S/C8H12N2O2/c1-5-4-12-8(9-5)10-7-2-6(7)3-11/h4,6-7,11H,2-3H2,1H3,(H,9,10). The van der Waals surface area contributed by atoms with Crippen molar-refractivity contribution in [3.05, 3.63) is 12.0 Å². The van der Waals surface area contributed by atoms with Crippen LogP contribution in [0.3, 0.4) is 0 Å². The summed E-state index contributed by atoms with van der Waals surface area (Å²) in [6, 6.07) is 0.918. The Morgan fingerprint density at radius 1 is 1.83 bits per heavy atom. The minimum atomic E-state index is 0.247. The lowest BCUT2D eigenvalue weighted by molar-refractivity contribution is 0.275. The second kappa shape index (κ2) is 2.79. The van der Waals surface area contributed by atoms with E-state index in [0.717, 1.165) is 12.1 Å². The van der Waals surface area contributed by atoms with Crippen molar-refractivity contribution in [1.29, 1.82) is 0 Å². The van der Waals surface area contributed by atoms with Crippen LogP contribution in [-0.4, -0.2) is 22.7 Å². The van der Waals surface area contributed by atoms with Gasteiger partial charge in [0.05, 0.1) is 5.69 Å². The molecule has 0 aromatic carbocycles. The third-order valence-corrected chi connectivity index (χ3v) is 2.08. The molecule has 4 heteroatoms. The molecule has 2 N–H and O–H groups in total. The lowest BCUT2D eigenvalue weighted by Crippen LogP contribution is -2.06. The van der Waals surface area contributed by atoms with E-state index in [9.17, 15) is 0 Å². The SMILES string of the molecule is Cc1coc(NC2CC2CO)n1. The van der Waals surface area contributed by atoms with Crippen molar-refractivity contribution in [2.45, 2.75) is 19.4 Å². The van der Waals surface area contributed by atoms with E-state index in [1.807, 2.05) is 6.92 Å². The predicted molar refractivity (Wildman–Crippen MR) is 43.8 cm³/mol. The van der Waals surface area contributed by atoms with Crippen LogP contribution in [0.5, 0.6) is 0 Å². The lowest BCUT2D eigenvalue weighted by atomic mass is 10.4. The van der Waals surface area contributed by atoms with Crippen molar-refractivity contribution in [2.24, 2.45) is 5.92 Å². The van der Waals surface area contributed by atoms with E-state index in [4.69, 9.17) is 9.52 Å².